The van der Waals surface area contributed by atoms with Crippen LogP contribution in [0, 0.1) is 0 Å². The number of fused-ring (bicyclic) bond motifs is 1. The van der Waals surface area contributed by atoms with E-state index in [0.717, 1.165) is 5.56 Å². The van der Waals surface area contributed by atoms with Gasteiger partial charge in [0.25, 0.3) is 0 Å². The van der Waals surface area contributed by atoms with Gasteiger partial charge in [-0.1, -0.05) is 29.6 Å². The third kappa shape index (κ3) is 3.27. The van der Waals surface area contributed by atoms with Gasteiger partial charge in [-0.3, -0.25) is 5.84 Å². The molecule has 0 saturated heterocycles. The van der Waals surface area contributed by atoms with Crippen molar-refractivity contribution >= 4 is 34.5 Å². The summed E-state index contributed by atoms with van der Waals surface area (Å²) in [4.78, 5) is 2.72. The maximum atomic E-state index is 6.32. The molecule has 1 aliphatic rings. The second-order valence-electron chi connectivity index (χ2n) is 5.42. The maximum Gasteiger partial charge on any atom is 0.0817 e. The smallest absolute Gasteiger partial charge is 0.0817 e. The van der Waals surface area contributed by atoms with Crippen LogP contribution in [0.4, 0.5) is 0 Å². The van der Waals surface area contributed by atoms with Crippen LogP contribution in [0.3, 0.4) is 0 Å². The highest BCUT2D eigenvalue weighted by Gasteiger charge is 2.21. The van der Waals surface area contributed by atoms with Crippen molar-refractivity contribution in [2.45, 2.75) is 38.1 Å². The number of hydrazine groups is 1. The van der Waals surface area contributed by atoms with Gasteiger partial charge in [0.1, 0.15) is 0 Å². The van der Waals surface area contributed by atoms with Crippen molar-refractivity contribution in [1.82, 2.24) is 5.43 Å². The van der Waals surface area contributed by atoms with Gasteiger partial charge in [0.05, 0.1) is 6.04 Å². The maximum absolute atomic E-state index is 6.32. The van der Waals surface area contributed by atoms with Crippen molar-refractivity contribution in [2.75, 3.05) is 0 Å². The molecule has 0 radical (unpaired) electrons. The second kappa shape index (κ2) is 6.67. The number of thiophene rings is 1. The zero-order chi connectivity index (χ0) is 14.8. The summed E-state index contributed by atoms with van der Waals surface area (Å²) in [5.74, 6) is 5.80. The quantitative estimate of drug-likeness (QED) is 0.474. The number of benzene rings is 1. The molecule has 0 amide bonds. The topological polar surface area (TPSA) is 38.0 Å². The van der Waals surface area contributed by atoms with Crippen LogP contribution >= 0.6 is 34.5 Å². The molecule has 1 atom stereocenters. The molecule has 1 aliphatic carbocycles. The Labute approximate surface area is 139 Å². The molecular formula is C16H18Cl2N2S. The van der Waals surface area contributed by atoms with Gasteiger partial charge in [-0.2, -0.15) is 0 Å². The highest BCUT2D eigenvalue weighted by Crippen LogP contribution is 2.37. The molecule has 0 aliphatic heterocycles. The predicted octanol–water partition coefficient (Wildman–Crippen LogP) is 4.88. The summed E-state index contributed by atoms with van der Waals surface area (Å²) in [5, 5.41) is 1.36. The molecule has 0 fully saturated rings. The van der Waals surface area contributed by atoms with E-state index in [9.17, 15) is 0 Å². The molecule has 2 nitrogen and oxygen atoms in total. The van der Waals surface area contributed by atoms with Crippen molar-refractivity contribution in [3.05, 3.63) is 55.2 Å². The Balaban J connectivity index is 1.98. The molecule has 1 unspecified atom stereocenters. The van der Waals surface area contributed by atoms with Crippen molar-refractivity contribution in [1.29, 1.82) is 0 Å². The first-order valence-electron chi connectivity index (χ1n) is 7.21. The van der Waals surface area contributed by atoms with Gasteiger partial charge < -0.3 is 0 Å². The molecule has 1 aromatic heterocycles. The van der Waals surface area contributed by atoms with E-state index in [1.807, 2.05) is 23.5 Å². The molecule has 2 aromatic rings. The number of nitrogens with two attached hydrogens (primary N) is 1. The monoisotopic (exact) mass is 340 g/mol. The summed E-state index contributed by atoms with van der Waals surface area (Å²) >= 11 is 14.3. The lowest BCUT2D eigenvalue weighted by molar-refractivity contribution is 0.645. The third-order valence-electron chi connectivity index (χ3n) is 3.99. The highest BCUT2D eigenvalue weighted by atomic mass is 35.5. The van der Waals surface area contributed by atoms with Gasteiger partial charge in [0, 0.05) is 19.8 Å². The molecule has 112 valence electrons. The van der Waals surface area contributed by atoms with Crippen LogP contribution in [0.1, 0.15) is 46.2 Å². The summed E-state index contributed by atoms with van der Waals surface area (Å²) in [7, 11) is 0. The van der Waals surface area contributed by atoms with Crippen LogP contribution in [0.25, 0.3) is 0 Å². The van der Waals surface area contributed by atoms with E-state index < -0.39 is 0 Å². The molecule has 3 N–H and O–H groups in total. The minimum Gasteiger partial charge on any atom is -0.271 e. The van der Waals surface area contributed by atoms with Gasteiger partial charge >= 0.3 is 0 Å². The molecule has 5 heteroatoms. The van der Waals surface area contributed by atoms with Crippen molar-refractivity contribution in [3.8, 4) is 0 Å². The van der Waals surface area contributed by atoms with E-state index in [-0.39, 0.29) is 6.04 Å². The summed E-state index contributed by atoms with van der Waals surface area (Å²) in [6.07, 6.45) is 6.25. The number of rotatable bonds is 3. The number of aryl methyl sites for hydroxylation is 2. The Morgan fingerprint density at radius 2 is 1.90 bits per heavy atom. The van der Waals surface area contributed by atoms with Gasteiger partial charge in [-0.05, 0) is 61.1 Å². The summed E-state index contributed by atoms with van der Waals surface area (Å²) < 4.78 is 0. The van der Waals surface area contributed by atoms with E-state index in [1.165, 1.54) is 47.4 Å². The lowest BCUT2D eigenvalue weighted by atomic mass is 10.0. The minimum absolute atomic E-state index is 0.104. The van der Waals surface area contributed by atoms with E-state index in [4.69, 9.17) is 29.0 Å². The zero-order valence-electron chi connectivity index (χ0n) is 11.7. The Morgan fingerprint density at radius 1 is 1.10 bits per heavy atom. The number of halogens is 2. The van der Waals surface area contributed by atoms with Crippen LogP contribution in [0.2, 0.25) is 10.0 Å². The molecule has 0 bridgehead atoms. The fourth-order valence-electron chi connectivity index (χ4n) is 2.89. The van der Waals surface area contributed by atoms with Gasteiger partial charge in [-0.15, -0.1) is 11.3 Å². The summed E-state index contributed by atoms with van der Waals surface area (Å²) in [6, 6.07) is 7.69. The first kappa shape index (κ1) is 15.3. The molecule has 3 rings (SSSR count). The standard InChI is InChI=1S/C16H18Cl2N2S/c17-11-6-7-13(18)12(9-11)16(20-19)15-8-10-4-2-1-3-5-14(10)21-15/h6-9,16,20H,1-5,19H2. The Hall–Kier alpha value is -0.580. The van der Waals surface area contributed by atoms with Crippen LogP contribution < -0.4 is 11.3 Å². The molecule has 21 heavy (non-hydrogen) atoms. The predicted molar refractivity (Wildman–Crippen MR) is 91.2 cm³/mol. The zero-order valence-corrected chi connectivity index (χ0v) is 14.0. The van der Waals surface area contributed by atoms with E-state index >= 15 is 0 Å². The number of hydrogen-bond acceptors (Lipinski definition) is 3. The normalized spacial score (nSPS) is 16.3. The first-order valence-corrected chi connectivity index (χ1v) is 8.79. The Bertz CT molecular complexity index is 616. The number of nitrogens with one attached hydrogen (secondary N) is 1. The van der Waals surface area contributed by atoms with Crippen LogP contribution in [0.15, 0.2) is 24.3 Å². The summed E-state index contributed by atoms with van der Waals surface area (Å²) in [5.41, 5.74) is 5.31. The van der Waals surface area contributed by atoms with Crippen molar-refractivity contribution in [3.63, 3.8) is 0 Å². The van der Waals surface area contributed by atoms with Gasteiger partial charge in [-0.25, -0.2) is 5.43 Å². The molecule has 0 spiro atoms. The van der Waals surface area contributed by atoms with Gasteiger partial charge in [0.15, 0.2) is 0 Å². The third-order valence-corrected chi connectivity index (χ3v) is 5.87. The fourth-order valence-corrected chi connectivity index (χ4v) is 4.64. The SMILES string of the molecule is NNC(c1cc2c(s1)CCCCC2)c1cc(Cl)ccc1Cl. The Morgan fingerprint density at radius 3 is 2.71 bits per heavy atom. The second-order valence-corrected chi connectivity index (χ2v) is 7.44. The fraction of sp³-hybridized carbons (Fsp3) is 0.375. The lowest BCUT2D eigenvalue weighted by Gasteiger charge is -2.16. The van der Waals surface area contributed by atoms with Crippen LogP contribution in [0.5, 0.6) is 0 Å². The number of hydrogen-bond donors (Lipinski definition) is 2. The van der Waals surface area contributed by atoms with Crippen LogP contribution in [-0.2, 0) is 12.8 Å². The first-order chi connectivity index (χ1) is 10.2. The average molecular weight is 341 g/mol. The largest absolute Gasteiger partial charge is 0.271 e. The minimum atomic E-state index is -0.104. The van der Waals surface area contributed by atoms with Crippen molar-refractivity contribution < 1.29 is 0 Å². The van der Waals surface area contributed by atoms with Gasteiger partial charge in [0.2, 0.25) is 0 Å². The molecule has 0 saturated carbocycles. The molecular weight excluding hydrogens is 323 g/mol. The Kier molecular flexibility index (Phi) is 4.87. The highest BCUT2D eigenvalue weighted by molar-refractivity contribution is 7.12. The van der Waals surface area contributed by atoms with E-state index in [0.29, 0.717) is 10.0 Å². The van der Waals surface area contributed by atoms with E-state index in [2.05, 4.69) is 11.5 Å². The molecule has 1 heterocycles. The summed E-state index contributed by atoms with van der Waals surface area (Å²) in [6.45, 7) is 0. The lowest BCUT2D eigenvalue weighted by Crippen LogP contribution is -2.28. The molecule has 1 aromatic carbocycles. The van der Waals surface area contributed by atoms with E-state index in [1.54, 1.807) is 6.07 Å². The average Bonchev–Trinajstić information content (AvgIpc) is 2.74. The van der Waals surface area contributed by atoms with Crippen molar-refractivity contribution in [2.24, 2.45) is 5.84 Å². The van der Waals surface area contributed by atoms with Crippen LogP contribution in [-0.4, -0.2) is 0 Å².